The van der Waals surface area contributed by atoms with Gasteiger partial charge in [-0.1, -0.05) is 17.3 Å². The first-order valence-electron chi connectivity index (χ1n) is 7.76. The number of fused-ring (bicyclic) bond motifs is 1. The highest BCUT2D eigenvalue weighted by molar-refractivity contribution is 6.49. The fourth-order valence-electron chi connectivity index (χ4n) is 2.83. The molecule has 26 heavy (non-hydrogen) atoms. The molecule has 0 amide bonds. The number of hydrogen-bond donors (Lipinski definition) is 3. The summed E-state index contributed by atoms with van der Waals surface area (Å²) in [7, 11) is -1.35. The third kappa shape index (κ3) is 3.57. The molecule has 0 aliphatic carbocycles. The summed E-state index contributed by atoms with van der Waals surface area (Å²) in [5, 5.41) is 35.3. The molecule has 134 valence electrons. The van der Waals surface area contributed by atoms with Crippen molar-refractivity contribution in [3.8, 4) is 5.75 Å². The Morgan fingerprint density at radius 2 is 2.23 bits per heavy atom. The first kappa shape index (κ1) is 17.6. The Bertz CT molecular complexity index is 854. The lowest BCUT2D eigenvalue weighted by molar-refractivity contribution is -0.113. The Hall–Kier alpha value is -3.21. The largest absolute Gasteiger partial charge is 0.535 e. The molecule has 0 spiro atoms. The Labute approximate surface area is 147 Å². The highest BCUT2D eigenvalue weighted by Crippen LogP contribution is 2.36. The van der Waals surface area contributed by atoms with Gasteiger partial charge in [-0.2, -0.15) is 5.10 Å². The van der Waals surface area contributed by atoms with Gasteiger partial charge in [0.05, 0.1) is 12.1 Å². The van der Waals surface area contributed by atoms with Crippen molar-refractivity contribution in [2.24, 2.45) is 5.16 Å². The molecule has 0 saturated heterocycles. The van der Waals surface area contributed by atoms with Crippen molar-refractivity contribution in [2.75, 3.05) is 0 Å². The molecule has 2 aromatic rings. The van der Waals surface area contributed by atoms with E-state index >= 15 is 0 Å². The lowest BCUT2D eigenvalue weighted by Gasteiger charge is -2.28. The van der Waals surface area contributed by atoms with Crippen LogP contribution in [0.1, 0.15) is 22.3 Å². The molecule has 0 bridgehead atoms. The summed E-state index contributed by atoms with van der Waals surface area (Å²) in [6.45, 7) is -0.0568. The molecule has 0 unspecified atom stereocenters. The van der Waals surface area contributed by atoms with Crippen LogP contribution in [0.2, 0.25) is 5.82 Å². The smallest absolute Gasteiger partial charge is 0.526 e. The van der Waals surface area contributed by atoms with Crippen LogP contribution in [0.3, 0.4) is 0 Å². The van der Waals surface area contributed by atoms with E-state index < -0.39 is 24.7 Å². The minimum Gasteiger partial charge on any atom is -0.535 e. The van der Waals surface area contributed by atoms with Gasteiger partial charge in [-0.3, -0.25) is 4.79 Å². The number of nitrogens with zero attached hydrogens (tertiary/aromatic N) is 4. The van der Waals surface area contributed by atoms with Crippen molar-refractivity contribution in [1.82, 2.24) is 14.8 Å². The van der Waals surface area contributed by atoms with Gasteiger partial charge < -0.3 is 20.0 Å². The van der Waals surface area contributed by atoms with Crippen LogP contribution in [0.25, 0.3) is 0 Å². The second-order valence-electron chi connectivity index (χ2n) is 5.84. The van der Waals surface area contributed by atoms with Crippen LogP contribution in [0.5, 0.6) is 5.75 Å². The number of ketones is 1. The lowest BCUT2D eigenvalue weighted by atomic mass is 9.64. The van der Waals surface area contributed by atoms with E-state index in [4.69, 9.17) is 9.86 Å². The van der Waals surface area contributed by atoms with E-state index in [1.54, 1.807) is 12.1 Å². The van der Waals surface area contributed by atoms with Gasteiger partial charge in [-0.05, 0) is 18.1 Å². The maximum Gasteiger partial charge on any atom is 0.526 e. The Morgan fingerprint density at radius 3 is 2.88 bits per heavy atom. The van der Waals surface area contributed by atoms with Crippen LogP contribution in [-0.2, 0) is 17.8 Å². The van der Waals surface area contributed by atoms with Gasteiger partial charge in [0, 0.05) is 12.2 Å². The van der Waals surface area contributed by atoms with Crippen LogP contribution in [0.15, 0.2) is 36.0 Å². The summed E-state index contributed by atoms with van der Waals surface area (Å²) in [4.78, 5) is 27.4. The van der Waals surface area contributed by atoms with Crippen molar-refractivity contribution >= 4 is 24.6 Å². The number of carboxylic acid groups (broad SMARTS) is 1. The van der Waals surface area contributed by atoms with E-state index in [1.807, 2.05) is 0 Å². The first-order valence-corrected chi connectivity index (χ1v) is 7.76. The number of benzene rings is 1. The molecule has 0 radical (unpaired) electrons. The fraction of sp³-hybridized carbons (Fsp3) is 0.267. The predicted molar refractivity (Wildman–Crippen MR) is 88.3 cm³/mol. The number of rotatable bonds is 6. The maximum atomic E-state index is 12.4. The van der Waals surface area contributed by atoms with E-state index in [-0.39, 0.29) is 36.4 Å². The monoisotopic (exact) mass is 358 g/mol. The number of carboxylic acids is 1. The quantitative estimate of drug-likeness (QED) is 0.288. The summed E-state index contributed by atoms with van der Waals surface area (Å²) in [5.74, 6) is -2.14. The highest BCUT2D eigenvalue weighted by atomic mass is 16.5. The summed E-state index contributed by atoms with van der Waals surface area (Å²) >= 11 is 0. The van der Waals surface area contributed by atoms with Gasteiger partial charge >= 0.3 is 13.1 Å². The summed E-state index contributed by atoms with van der Waals surface area (Å²) in [5.41, 5.74) is 0.412. The van der Waals surface area contributed by atoms with Gasteiger partial charge in [0.25, 0.3) is 0 Å². The molecule has 3 N–H and O–H groups in total. The number of carbonyl (C=O) groups is 2. The minimum atomic E-state index is -1.35. The van der Waals surface area contributed by atoms with E-state index in [0.717, 1.165) is 0 Å². The van der Waals surface area contributed by atoms with Crippen molar-refractivity contribution < 1.29 is 29.6 Å². The number of oxime groups is 1. The number of Topliss-reactive ketones (excluding diaryl/α,β-unsaturated/α-hetero) is 1. The van der Waals surface area contributed by atoms with E-state index in [1.165, 1.54) is 23.4 Å². The highest BCUT2D eigenvalue weighted by Gasteiger charge is 2.38. The average Bonchev–Trinajstić information content (AvgIpc) is 3.12. The summed E-state index contributed by atoms with van der Waals surface area (Å²) in [6.07, 6.45) is 2.78. The van der Waals surface area contributed by atoms with Crippen molar-refractivity contribution in [2.45, 2.75) is 25.2 Å². The molecule has 10 nitrogen and oxygen atoms in total. The molecule has 0 fully saturated rings. The molecule has 11 heteroatoms. The Balaban J connectivity index is 1.73. The molecule has 1 atom stereocenters. The van der Waals surface area contributed by atoms with E-state index in [2.05, 4.69) is 15.2 Å². The van der Waals surface area contributed by atoms with Crippen LogP contribution in [0.4, 0.5) is 0 Å². The number of para-hydroxylation sites is 1. The predicted octanol–water partition coefficient (Wildman–Crippen LogP) is 0.251. The molecule has 1 aliphatic heterocycles. The average molecular weight is 358 g/mol. The second kappa shape index (κ2) is 7.36. The third-order valence-corrected chi connectivity index (χ3v) is 4.12. The number of aromatic carboxylic acids is 1. The minimum absolute atomic E-state index is 0.0462. The standard InChI is InChI=1S/C15H15BN4O6/c21-13(12(19-25)6-20-8-17-7-18-20)5-10-4-9-2-1-3-11(15(22)23)14(9)26-16(10)24/h1-3,7-8,10,24-25H,4-6H2,(H,22,23)/b19-12-/t10-/m1/s1. The maximum absolute atomic E-state index is 12.4. The molecule has 0 saturated carbocycles. The molecule has 1 aromatic carbocycles. The number of carbonyl (C=O) groups excluding carboxylic acids is 1. The van der Waals surface area contributed by atoms with E-state index in [9.17, 15) is 19.7 Å². The zero-order chi connectivity index (χ0) is 18.7. The molecule has 1 aliphatic rings. The molecular weight excluding hydrogens is 343 g/mol. The number of aromatic nitrogens is 3. The van der Waals surface area contributed by atoms with Gasteiger partial charge in [-0.15, -0.1) is 0 Å². The number of hydrogen-bond acceptors (Lipinski definition) is 8. The van der Waals surface area contributed by atoms with Gasteiger partial charge in [0.2, 0.25) is 0 Å². The normalized spacial score (nSPS) is 16.7. The fourth-order valence-corrected chi connectivity index (χ4v) is 2.83. The zero-order valence-electron chi connectivity index (χ0n) is 13.5. The summed E-state index contributed by atoms with van der Waals surface area (Å²) in [6, 6.07) is 4.64. The molecule has 1 aromatic heterocycles. The van der Waals surface area contributed by atoms with Crippen LogP contribution in [0, 0.1) is 0 Å². The molecule has 3 rings (SSSR count). The summed E-state index contributed by atoms with van der Waals surface area (Å²) < 4.78 is 6.68. The van der Waals surface area contributed by atoms with Crippen LogP contribution >= 0.6 is 0 Å². The Morgan fingerprint density at radius 1 is 1.42 bits per heavy atom. The third-order valence-electron chi connectivity index (χ3n) is 4.12. The van der Waals surface area contributed by atoms with Gasteiger partial charge in [0.15, 0.2) is 5.78 Å². The SMILES string of the molecule is O=C(C[C@H]1Cc2cccc(C(=O)O)c2OB1O)/C(Cn1cncn1)=N\O. The topological polar surface area (TPSA) is 147 Å². The van der Waals surface area contributed by atoms with E-state index in [0.29, 0.717) is 5.56 Å². The second-order valence-corrected chi connectivity index (χ2v) is 5.84. The molecule has 2 heterocycles. The van der Waals surface area contributed by atoms with Crippen molar-refractivity contribution in [3.05, 3.63) is 42.0 Å². The Kier molecular flexibility index (Phi) is 4.98. The zero-order valence-corrected chi connectivity index (χ0v) is 13.5. The van der Waals surface area contributed by atoms with Gasteiger partial charge in [0.1, 0.15) is 24.1 Å². The van der Waals surface area contributed by atoms with Crippen molar-refractivity contribution in [1.29, 1.82) is 0 Å². The van der Waals surface area contributed by atoms with Gasteiger partial charge in [-0.25, -0.2) is 14.5 Å². The van der Waals surface area contributed by atoms with Crippen molar-refractivity contribution in [3.63, 3.8) is 0 Å². The van der Waals surface area contributed by atoms with Crippen LogP contribution < -0.4 is 4.65 Å². The lowest BCUT2D eigenvalue weighted by Crippen LogP contribution is -2.37. The van der Waals surface area contributed by atoms with Crippen LogP contribution in [-0.4, -0.2) is 54.7 Å². The first-order chi connectivity index (χ1) is 12.5. The molecular formula is C15H15BN4O6.